The molecule has 2 aromatic rings. The SMILES string of the molecule is COc1cccc2c(O)c(C#N)ccc12. The lowest BCUT2D eigenvalue weighted by atomic mass is 10.1. The zero-order valence-corrected chi connectivity index (χ0v) is 8.19. The Morgan fingerprint density at radius 1 is 1.20 bits per heavy atom. The molecule has 2 rings (SSSR count). The molecular formula is C12H9NO2. The molecule has 0 saturated heterocycles. The zero-order valence-electron chi connectivity index (χ0n) is 8.19. The molecule has 0 amide bonds. The number of methoxy groups -OCH3 is 1. The van der Waals surface area contributed by atoms with E-state index < -0.39 is 0 Å². The van der Waals surface area contributed by atoms with Crippen molar-refractivity contribution in [1.29, 1.82) is 5.26 Å². The van der Waals surface area contributed by atoms with Crippen LogP contribution in [0.3, 0.4) is 0 Å². The topological polar surface area (TPSA) is 53.2 Å². The maximum absolute atomic E-state index is 9.79. The van der Waals surface area contributed by atoms with E-state index in [9.17, 15) is 5.11 Å². The van der Waals surface area contributed by atoms with Crippen molar-refractivity contribution >= 4 is 10.8 Å². The molecule has 0 radical (unpaired) electrons. The molecule has 0 aromatic heterocycles. The third-order valence-electron chi connectivity index (χ3n) is 2.33. The van der Waals surface area contributed by atoms with Gasteiger partial charge in [-0.15, -0.1) is 0 Å². The third kappa shape index (κ3) is 1.36. The molecule has 15 heavy (non-hydrogen) atoms. The van der Waals surface area contributed by atoms with Crippen LogP contribution in [0.25, 0.3) is 10.8 Å². The number of phenolic OH excluding ortho intramolecular Hbond substituents is 1. The lowest BCUT2D eigenvalue weighted by Gasteiger charge is -2.06. The fourth-order valence-corrected chi connectivity index (χ4v) is 1.58. The van der Waals surface area contributed by atoms with Gasteiger partial charge in [0.25, 0.3) is 0 Å². The standard InChI is InChI=1S/C12H9NO2/c1-15-11-4-2-3-10-9(11)6-5-8(7-13)12(10)14/h2-6,14H,1H3. The van der Waals surface area contributed by atoms with Gasteiger partial charge in [-0.2, -0.15) is 5.26 Å². The van der Waals surface area contributed by atoms with Crippen LogP contribution in [0.4, 0.5) is 0 Å². The van der Waals surface area contributed by atoms with Crippen molar-refractivity contribution in [2.24, 2.45) is 0 Å². The molecule has 3 nitrogen and oxygen atoms in total. The Morgan fingerprint density at radius 3 is 2.67 bits per heavy atom. The van der Waals surface area contributed by atoms with Gasteiger partial charge in [-0.3, -0.25) is 0 Å². The average Bonchev–Trinajstić information content (AvgIpc) is 2.29. The minimum absolute atomic E-state index is 0.00824. The van der Waals surface area contributed by atoms with Crippen molar-refractivity contribution in [2.45, 2.75) is 0 Å². The van der Waals surface area contributed by atoms with Gasteiger partial charge < -0.3 is 9.84 Å². The third-order valence-corrected chi connectivity index (χ3v) is 2.33. The van der Waals surface area contributed by atoms with E-state index in [1.807, 2.05) is 12.1 Å². The quantitative estimate of drug-likeness (QED) is 0.767. The number of hydrogen-bond donors (Lipinski definition) is 1. The smallest absolute Gasteiger partial charge is 0.141 e. The van der Waals surface area contributed by atoms with E-state index in [2.05, 4.69) is 0 Å². The Hall–Kier alpha value is -2.21. The number of rotatable bonds is 1. The fourth-order valence-electron chi connectivity index (χ4n) is 1.58. The number of phenols is 1. The van der Waals surface area contributed by atoms with Gasteiger partial charge in [-0.05, 0) is 18.2 Å². The van der Waals surface area contributed by atoms with Gasteiger partial charge in [-0.25, -0.2) is 0 Å². The van der Waals surface area contributed by atoms with Gasteiger partial charge in [0.05, 0.1) is 12.7 Å². The predicted octanol–water partition coefficient (Wildman–Crippen LogP) is 2.43. The summed E-state index contributed by atoms with van der Waals surface area (Å²) in [5.41, 5.74) is 0.274. The molecular weight excluding hydrogens is 190 g/mol. The van der Waals surface area contributed by atoms with Crippen molar-refractivity contribution < 1.29 is 9.84 Å². The van der Waals surface area contributed by atoms with Crippen molar-refractivity contribution in [3.8, 4) is 17.6 Å². The lowest BCUT2D eigenvalue weighted by molar-refractivity contribution is 0.419. The van der Waals surface area contributed by atoms with Crippen LogP contribution in [0.1, 0.15) is 5.56 Å². The first-order valence-corrected chi connectivity index (χ1v) is 4.46. The first kappa shape index (κ1) is 9.35. The van der Waals surface area contributed by atoms with Crippen LogP contribution in [-0.2, 0) is 0 Å². The van der Waals surface area contributed by atoms with E-state index >= 15 is 0 Å². The summed E-state index contributed by atoms with van der Waals surface area (Å²) in [4.78, 5) is 0. The van der Waals surface area contributed by atoms with E-state index in [4.69, 9.17) is 10.00 Å². The van der Waals surface area contributed by atoms with Gasteiger partial charge in [-0.1, -0.05) is 12.1 Å². The fraction of sp³-hybridized carbons (Fsp3) is 0.0833. The molecule has 3 heteroatoms. The largest absolute Gasteiger partial charge is 0.506 e. The number of ether oxygens (including phenoxy) is 1. The molecule has 0 bridgehead atoms. The summed E-state index contributed by atoms with van der Waals surface area (Å²) in [5, 5.41) is 20.0. The normalized spacial score (nSPS) is 9.87. The van der Waals surface area contributed by atoms with E-state index in [0.29, 0.717) is 11.1 Å². The summed E-state index contributed by atoms with van der Waals surface area (Å²) >= 11 is 0. The minimum Gasteiger partial charge on any atom is -0.506 e. The van der Waals surface area contributed by atoms with E-state index in [0.717, 1.165) is 5.39 Å². The Morgan fingerprint density at radius 2 is 2.00 bits per heavy atom. The van der Waals surface area contributed by atoms with Crippen LogP contribution in [0.5, 0.6) is 11.5 Å². The minimum atomic E-state index is 0.00824. The first-order valence-electron chi connectivity index (χ1n) is 4.46. The molecule has 0 atom stereocenters. The number of nitrogens with zero attached hydrogens (tertiary/aromatic N) is 1. The highest BCUT2D eigenvalue weighted by atomic mass is 16.5. The van der Waals surface area contributed by atoms with Gasteiger partial charge in [0.15, 0.2) is 0 Å². The van der Waals surface area contributed by atoms with E-state index in [-0.39, 0.29) is 11.3 Å². The summed E-state index contributed by atoms with van der Waals surface area (Å²) in [6, 6.07) is 10.6. The maximum atomic E-state index is 9.79. The lowest BCUT2D eigenvalue weighted by Crippen LogP contribution is -1.86. The number of nitriles is 1. The van der Waals surface area contributed by atoms with Gasteiger partial charge in [0.2, 0.25) is 0 Å². The number of benzene rings is 2. The van der Waals surface area contributed by atoms with Crippen LogP contribution in [-0.4, -0.2) is 12.2 Å². The molecule has 0 aliphatic carbocycles. The van der Waals surface area contributed by atoms with Crippen LogP contribution >= 0.6 is 0 Å². The average molecular weight is 199 g/mol. The van der Waals surface area contributed by atoms with Crippen molar-refractivity contribution in [3.05, 3.63) is 35.9 Å². The van der Waals surface area contributed by atoms with Gasteiger partial charge >= 0.3 is 0 Å². The number of hydrogen-bond acceptors (Lipinski definition) is 3. The highest BCUT2D eigenvalue weighted by Crippen LogP contribution is 2.33. The Bertz CT molecular complexity index is 555. The number of fused-ring (bicyclic) bond motifs is 1. The molecule has 0 unspecified atom stereocenters. The first-order chi connectivity index (χ1) is 7.27. The molecule has 0 saturated carbocycles. The van der Waals surface area contributed by atoms with Crippen LogP contribution in [0.15, 0.2) is 30.3 Å². The Balaban J connectivity index is 2.85. The molecule has 0 aliphatic rings. The van der Waals surface area contributed by atoms with Crippen LogP contribution in [0.2, 0.25) is 0 Å². The van der Waals surface area contributed by atoms with Crippen molar-refractivity contribution in [2.75, 3.05) is 7.11 Å². The van der Waals surface area contributed by atoms with Gasteiger partial charge in [0, 0.05) is 10.8 Å². The van der Waals surface area contributed by atoms with Crippen LogP contribution < -0.4 is 4.74 Å². The van der Waals surface area contributed by atoms with E-state index in [1.54, 1.807) is 31.4 Å². The molecule has 0 spiro atoms. The highest BCUT2D eigenvalue weighted by molar-refractivity contribution is 5.94. The molecule has 1 N–H and O–H groups in total. The molecule has 74 valence electrons. The molecule has 0 aliphatic heterocycles. The summed E-state index contributed by atoms with van der Waals surface area (Å²) in [6.07, 6.45) is 0. The number of aromatic hydroxyl groups is 1. The Labute approximate surface area is 87.1 Å². The monoisotopic (exact) mass is 199 g/mol. The Kier molecular flexibility index (Phi) is 2.18. The zero-order chi connectivity index (χ0) is 10.8. The van der Waals surface area contributed by atoms with E-state index in [1.165, 1.54) is 0 Å². The van der Waals surface area contributed by atoms with Gasteiger partial charge in [0.1, 0.15) is 17.6 Å². The highest BCUT2D eigenvalue weighted by Gasteiger charge is 2.08. The second-order valence-corrected chi connectivity index (χ2v) is 3.13. The van der Waals surface area contributed by atoms with Crippen molar-refractivity contribution in [3.63, 3.8) is 0 Å². The molecule has 2 aromatic carbocycles. The summed E-state index contributed by atoms with van der Waals surface area (Å²) in [6.45, 7) is 0. The summed E-state index contributed by atoms with van der Waals surface area (Å²) < 4.78 is 5.16. The molecule has 0 heterocycles. The maximum Gasteiger partial charge on any atom is 0.141 e. The predicted molar refractivity (Wildman–Crippen MR) is 56.9 cm³/mol. The van der Waals surface area contributed by atoms with Crippen LogP contribution in [0, 0.1) is 11.3 Å². The second-order valence-electron chi connectivity index (χ2n) is 3.13. The summed E-state index contributed by atoms with van der Waals surface area (Å²) in [5.74, 6) is 0.696. The molecule has 0 fully saturated rings. The summed E-state index contributed by atoms with van der Waals surface area (Å²) in [7, 11) is 1.57. The van der Waals surface area contributed by atoms with Crippen molar-refractivity contribution in [1.82, 2.24) is 0 Å². The second kappa shape index (κ2) is 3.50.